The van der Waals surface area contributed by atoms with Crippen molar-refractivity contribution in [3.05, 3.63) is 0 Å². The van der Waals surface area contributed by atoms with E-state index >= 15 is 0 Å². The van der Waals surface area contributed by atoms with Crippen molar-refractivity contribution in [2.75, 3.05) is 13.2 Å². The highest BCUT2D eigenvalue weighted by molar-refractivity contribution is 4.75. The molecular formula is C7H15NO. The van der Waals surface area contributed by atoms with Gasteiger partial charge in [-0.25, -0.2) is 0 Å². The van der Waals surface area contributed by atoms with Crippen LogP contribution in [0, 0.1) is 0 Å². The fourth-order valence-corrected chi connectivity index (χ4v) is 1.25. The Hall–Kier alpha value is -0.0800. The largest absolute Gasteiger partial charge is 0.376 e. The van der Waals surface area contributed by atoms with Crippen molar-refractivity contribution >= 4 is 0 Å². The van der Waals surface area contributed by atoms with Gasteiger partial charge >= 0.3 is 0 Å². The molecule has 1 aliphatic rings. The van der Waals surface area contributed by atoms with E-state index < -0.39 is 0 Å². The van der Waals surface area contributed by atoms with Gasteiger partial charge in [0, 0.05) is 12.6 Å². The summed E-state index contributed by atoms with van der Waals surface area (Å²) in [5.74, 6) is 0. The molecule has 2 atom stereocenters. The van der Waals surface area contributed by atoms with Crippen LogP contribution in [0.5, 0.6) is 0 Å². The summed E-state index contributed by atoms with van der Waals surface area (Å²) in [6.45, 7) is 6.20. The summed E-state index contributed by atoms with van der Waals surface area (Å²) >= 11 is 0. The van der Waals surface area contributed by atoms with Crippen molar-refractivity contribution in [2.24, 2.45) is 0 Å². The Bertz CT molecular complexity index is 85.0. The minimum absolute atomic E-state index is 0.406. The van der Waals surface area contributed by atoms with Gasteiger partial charge in [-0.1, -0.05) is 6.92 Å². The fourth-order valence-electron chi connectivity index (χ4n) is 1.25. The van der Waals surface area contributed by atoms with Crippen molar-refractivity contribution in [3.8, 4) is 0 Å². The van der Waals surface area contributed by atoms with E-state index in [1.807, 2.05) is 0 Å². The number of ether oxygens (including phenoxy) is 1. The van der Waals surface area contributed by atoms with Crippen LogP contribution in [0.15, 0.2) is 0 Å². The fraction of sp³-hybridized carbons (Fsp3) is 1.00. The highest BCUT2D eigenvalue weighted by Crippen LogP contribution is 2.05. The molecule has 1 N–H and O–H groups in total. The number of morpholine rings is 1. The van der Waals surface area contributed by atoms with Gasteiger partial charge in [0.1, 0.15) is 0 Å². The summed E-state index contributed by atoms with van der Waals surface area (Å²) < 4.78 is 5.42. The lowest BCUT2D eigenvalue weighted by Gasteiger charge is -2.29. The van der Waals surface area contributed by atoms with Crippen molar-refractivity contribution in [1.82, 2.24) is 5.32 Å². The van der Waals surface area contributed by atoms with E-state index in [1.165, 1.54) is 6.42 Å². The van der Waals surface area contributed by atoms with E-state index in [9.17, 15) is 0 Å². The van der Waals surface area contributed by atoms with Gasteiger partial charge < -0.3 is 10.1 Å². The van der Waals surface area contributed by atoms with Crippen LogP contribution in [0.1, 0.15) is 20.3 Å². The predicted octanol–water partition coefficient (Wildman–Crippen LogP) is 0.773. The van der Waals surface area contributed by atoms with Crippen LogP contribution in [-0.4, -0.2) is 25.3 Å². The molecular weight excluding hydrogens is 114 g/mol. The Morgan fingerprint density at radius 2 is 2.44 bits per heavy atom. The molecule has 2 heteroatoms. The number of hydrogen-bond donors (Lipinski definition) is 1. The summed E-state index contributed by atoms with van der Waals surface area (Å²) in [4.78, 5) is 0. The second-order valence-electron chi connectivity index (χ2n) is 2.54. The van der Waals surface area contributed by atoms with E-state index in [0.717, 1.165) is 13.2 Å². The van der Waals surface area contributed by atoms with Crippen LogP contribution in [0.3, 0.4) is 0 Å². The lowest BCUT2D eigenvalue weighted by atomic mass is 10.1. The van der Waals surface area contributed by atoms with Gasteiger partial charge in [0.25, 0.3) is 0 Å². The summed E-state index contributed by atoms with van der Waals surface area (Å²) in [7, 11) is 0. The van der Waals surface area contributed by atoms with Crippen LogP contribution in [0.2, 0.25) is 0 Å². The molecule has 1 fully saturated rings. The molecule has 54 valence electrons. The lowest BCUT2D eigenvalue weighted by molar-refractivity contribution is 0.00731. The molecule has 1 aliphatic heterocycles. The molecule has 0 aromatic carbocycles. The van der Waals surface area contributed by atoms with Crippen molar-refractivity contribution in [1.29, 1.82) is 0 Å². The Balaban J connectivity index is 2.30. The van der Waals surface area contributed by atoms with Crippen molar-refractivity contribution in [2.45, 2.75) is 32.4 Å². The molecule has 1 heterocycles. The Kier molecular flexibility index (Phi) is 2.49. The minimum Gasteiger partial charge on any atom is -0.376 e. The molecule has 0 radical (unpaired) electrons. The normalized spacial score (nSPS) is 36.7. The molecule has 0 spiro atoms. The highest BCUT2D eigenvalue weighted by atomic mass is 16.5. The van der Waals surface area contributed by atoms with Gasteiger partial charge in [-0.15, -0.1) is 0 Å². The van der Waals surface area contributed by atoms with Gasteiger partial charge in [-0.05, 0) is 13.3 Å². The third-order valence-electron chi connectivity index (χ3n) is 1.90. The Morgan fingerprint density at radius 3 is 2.89 bits per heavy atom. The molecule has 1 rings (SSSR count). The van der Waals surface area contributed by atoms with E-state index in [2.05, 4.69) is 19.2 Å². The molecule has 9 heavy (non-hydrogen) atoms. The molecule has 2 nitrogen and oxygen atoms in total. The quantitative estimate of drug-likeness (QED) is 0.564. The van der Waals surface area contributed by atoms with Crippen LogP contribution < -0.4 is 5.32 Å². The molecule has 0 aliphatic carbocycles. The summed E-state index contributed by atoms with van der Waals surface area (Å²) in [5, 5.41) is 3.39. The summed E-state index contributed by atoms with van der Waals surface area (Å²) in [6, 6.07) is 0.582. The van der Waals surface area contributed by atoms with Gasteiger partial charge in [0.15, 0.2) is 0 Å². The number of hydrogen-bond acceptors (Lipinski definition) is 2. The first kappa shape index (κ1) is 7.03. The zero-order chi connectivity index (χ0) is 6.69. The minimum atomic E-state index is 0.406. The van der Waals surface area contributed by atoms with E-state index in [-0.39, 0.29) is 0 Å². The van der Waals surface area contributed by atoms with Gasteiger partial charge in [0.05, 0.1) is 12.7 Å². The smallest absolute Gasteiger partial charge is 0.0700 e. The number of nitrogens with one attached hydrogen (secondary N) is 1. The standard InChI is InChI=1S/C7H15NO/c1-3-7-6(2)9-5-4-8-7/h6-8H,3-5H2,1-2H3. The van der Waals surface area contributed by atoms with Crippen molar-refractivity contribution < 1.29 is 4.74 Å². The first-order valence-electron chi connectivity index (χ1n) is 3.69. The average molecular weight is 129 g/mol. The van der Waals surface area contributed by atoms with Crippen LogP contribution in [0.4, 0.5) is 0 Å². The Labute approximate surface area is 56.6 Å². The molecule has 0 saturated carbocycles. The molecule has 1 saturated heterocycles. The molecule has 0 aromatic heterocycles. The van der Waals surface area contributed by atoms with Crippen LogP contribution in [0.25, 0.3) is 0 Å². The SMILES string of the molecule is CCC1NCCOC1C. The molecule has 0 aromatic rings. The number of rotatable bonds is 1. The van der Waals surface area contributed by atoms with E-state index in [4.69, 9.17) is 4.74 Å². The third-order valence-corrected chi connectivity index (χ3v) is 1.90. The lowest BCUT2D eigenvalue weighted by Crippen LogP contribution is -2.46. The van der Waals surface area contributed by atoms with Gasteiger partial charge in [-0.2, -0.15) is 0 Å². The van der Waals surface area contributed by atoms with Crippen molar-refractivity contribution in [3.63, 3.8) is 0 Å². The molecule has 0 bridgehead atoms. The summed E-state index contributed by atoms with van der Waals surface area (Å²) in [5.41, 5.74) is 0. The monoisotopic (exact) mass is 129 g/mol. The molecule has 2 unspecified atom stereocenters. The average Bonchev–Trinajstić information content (AvgIpc) is 1.89. The second-order valence-corrected chi connectivity index (χ2v) is 2.54. The van der Waals surface area contributed by atoms with E-state index in [0.29, 0.717) is 12.1 Å². The first-order valence-corrected chi connectivity index (χ1v) is 3.69. The summed E-state index contributed by atoms with van der Waals surface area (Å²) in [6.07, 6.45) is 1.57. The van der Waals surface area contributed by atoms with Gasteiger partial charge in [0.2, 0.25) is 0 Å². The van der Waals surface area contributed by atoms with Crippen LogP contribution >= 0.6 is 0 Å². The Morgan fingerprint density at radius 1 is 1.67 bits per heavy atom. The van der Waals surface area contributed by atoms with Crippen LogP contribution in [-0.2, 0) is 4.74 Å². The third kappa shape index (κ3) is 1.66. The first-order chi connectivity index (χ1) is 4.34. The van der Waals surface area contributed by atoms with Gasteiger partial charge in [-0.3, -0.25) is 0 Å². The maximum Gasteiger partial charge on any atom is 0.0700 e. The maximum atomic E-state index is 5.42. The topological polar surface area (TPSA) is 21.3 Å². The zero-order valence-corrected chi connectivity index (χ0v) is 6.18. The molecule has 0 amide bonds. The predicted molar refractivity (Wildman–Crippen MR) is 37.5 cm³/mol. The zero-order valence-electron chi connectivity index (χ0n) is 6.18. The maximum absolute atomic E-state index is 5.42. The highest BCUT2D eigenvalue weighted by Gasteiger charge is 2.18. The van der Waals surface area contributed by atoms with E-state index in [1.54, 1.807) is 0 Å². The second kappa shape index (κ2) is 3.18.